The molecule has 5 rings (SSSR count). The molecule has 2 atom stereocenters. The third-order valence-electron chi connectivity index (χ3n) is 6.02. The second-order valence-corrected chi connectivity index (χ2v) is 8.79. The molecule has 0 fully saturated rings. The molecule has 0 saturated carbocycles. The van der Waals surface area contributed by atoms with Crippen LogP contribution >= 0.6 is 11.6 Å². The van der Waals surface area contributed by atoms with Gasteiger partial charge < -0.3 is 29.6 Å². The van der Waals surface area contributed by atoms with E-state index in [9.17, 15) is 5.11 Å². The van der Waals surface area contributed by atoms with E-state index >= 15 is 0 Å². The van der Waals surface area contributed by atoms with Gasteiger partial charge in [-0.15, -0.1) is 0 Å². The normalized spacial score (nSPS) is 14.4. The Morgan fingerprint density at radius 2 is 1.79 bits per heavy atom. The Kier molecular flexibility index (Phi) is 7.02. The summed E-state index contributed by atoms with van der Waals surface area (Å²) in [6.07, 6.45) is 1.41. The SMILES string of the molecule is O[C@@H](CNC[C@H](c1ccccc1Cl)c1c[nH]c2ccccc12)COCc1ccc2c(c1)OCO2. The molecule has 0 aliphatic carbocycles. The van der Waals surface area contributed by atoms with Crippen LogP contribution in [-0.4, -0.2) is 42.7 Å². The molecule has 176 valence electrons. The fourth-order valence-corrected chi connectivity index (χ4v) is 4.59. The van der Waals surface area contributed by atoms with Gasteiger partial charge in [0.1, 0.15) is 0 Å². The molecule has 2 heterocycles. The zero-order chi connectivity index (χ0) is 23.3. The minimum absolute atomic E-state index is 0.0339. The van der Waals surface area contributed by atoms with Gasteiger partial charge in [-0.1, -0.05) is 54.1 Å². The van der Waals surface area contributed by atoms with Crippen molar-refractivity contribution in [2.75, 3.05) is 26.5 Å². The third-order valence-corrected chi connectivity index (χ3v) is 6.37. The van der Waals surface area contributed by atoms with Crippen molar-refractivity contribution in [1.82, 2.24) is 10.3 Å². The predicted octanol–water partition coefficient (Wildman–Crippen LogP) is 4.85. The van der Waals surface area contributed by atoms with Gasteiger partial charge >= 0.3 is 0 Å². The molecule has 0 radical (unpaired) electrons. The van der Waals surface area contributed by atoms with Crippen molar-refractivity contribution in [3.8, 4) is 11.5 Å². The van der Waals surface area contributed by atoms with Crippen LogP contribution in [0, 0.1) is 0 Å². The molecule has 6 nitrogen and oxygen atoms in total. The van der Waals surface area contributed by atoms with Gasteiger partial charge in [-0.05, 0) is 41.0 Å². The average molecular weight is 479 g/mol. The molecule has 0 unspecified atom stereocenters. The lowest BCUT2D eigenvalue weighted by Gasteiger charge is -2.21. The van der Waals surface area contributed by atoms with Gasteiger partial charge in [-0.3, -0.25) is 0 Å². The monoisotopic (exact) mass is 478 g/mol. The van der Waals surface area contributed by atoms with Crippen molar-refractivity contribution >= 4 is 22.5 Å². The lowest BCUT2D eigenvalue weighted by atomic mass is 9.90. The quantitative estimate of drug-likeness (QED) is 0.304. The second-order valence-electron chi connectivity index (χ2n) is 8.38. The first-order valence-corrected chi connectivity index (χ1v) is 11.7. The Morgan fingerprint density at radius 3 is 2.71 bits per heavy atom. The predicted molar refractivity (Wildman–Crippen MR) is 133 cm³/mol. The number of halogens is 1. The second kappa shape index (κ2) is 10.5. The molecule has 3 N–H and O–H groups in total. The summed E-state index contributed by atoms with van der Waals surface area (Å²) >= 11 is 6.57. The zero-order valence-corrected chi connectivity index (χ0v) is 19.4. The molecule has 0 saturated heterocycles. The van der Waals surface area contributed by atoms with Crippen LogP contribution < -0.4 is 14.8 Å². The highest BCUT2D eigenvalue weighted by Crippen LogP contribution is 2.34. The van der Waals surface area contributed by atoms with Crippen LogP contribution in [0.4, 0.5) is 0 Å². The first kappa shape index (κ1) is 22.7. The largest absolute Gasteiger partial charge is 0.454 e. The van der Waals surface area contributed by atoms with Crippen LogP contribution in [0.25, 0.3) is 10.9 Å². The van der Waals surface area contributed by atoms with Crippen molar-refractivity contribution in [1.29, 1.82) is 0 Å². The lowest BCUT2D eigenvalue weighted by Crippen LogP contribution is -2.33. The Bertz CT molecular complexity index is 1260. The summed E-state index contributed by atoms with van der Waals surface area (Å²) in [5.41, 5.74) is 4.29. The van der Waals surface area contributed by atoms with Crippen LogP contribution in [0.3, 0.4) is 0 Å². The molecule has 1 aliphatic rings. The lowest BCUT2D eigenvalue weighted by molar-refractivity contribution is 0.0288. The Morgan fingerprint density at radius 1 is 0.971 bits per heavy atom. The number of para-hydroxylation sites is 1. The number of aromatic nitrogens is 1. The Hall–Kier alpha value is -3.03. The summed E-state index contributed by atoms with van der Waals surface area (Å²) in [7, 11) is 0. The zero-order valence-electron chi connectivity index (χ0n) is 18.7. The minimum Gasteiger partial charge on any atom is -0.454 e. The van der Waals surface area contributed by atoms with Crippen LogP contribution in [0.5, 0.6) is 11.5 Å². The number of fused-ring (bicyclic) bond motifs is 2. The Balaban J connectivity index is 1.19. The maximum atomic E-state index is 10.5. The van der Waals surface area contributed by atoms with Crippen LogP contribution in [0.15, 0.2) is 72.9 Å². The van der Waals surface area contributed by atoms with Gasteiger partial charge in [-0.2, -0.15) is 0 Å². The molecule has 4 aromatic rings. The molecule has 0 amide bonds. The number of ether oxygens (including phenoxy) is 3. The van der Waals surface area contributed by atoms with E-state index in [1.165, 1.54) is 10.9 Å². The highest BCUT2D eigenvalue weighted by atomic mass is 35.5. The molecule has 34 heavy (non-hydrogen) atoms. The van der Waals surface area contributed by atoms with Gasteiger partial charge in [0.15, 0.2) is 11.5 Å². The maximum Gasteiger partial charge on any atom is 0.231 e. The summed E-state index contributed by atoms with van der Waals surface area (Å²) in [6, 6.07) is 21.9. The molecule has 1 aromatic heterocycles. The molecular formula is C27H27ClN2O4. The Labute approximate surface area is 203 Å². The van der Waals surface area contributed by atoms with Crippen molar-refractivity contribution < 1.29 is 19.3 Å². The van der Waals surface area contributed by atoms with E-state index in [0.717, 1.165) is 33.2 Å². The van der Waals surface area contributed by atoms with Gasteiger partial charge in [0.05, 0.1) is 19.3 Å². The molecule has 3 aromatic carbocycles. The third kappa shape index (κ3) is 5.05. The summed E-state index contributed by atoms with van der Waals surface area (Å²) in [5.74, 6) is 1.51. The summed E-state index contributed by atoms with van der Waals surface area (Å²) in [4.78, 5) is 3.36. The van der Waals surface area contributed by atoms with Gasteiger partial charge in [0.25, 0.3) is 0 Å². The van der Waals surface area contributed by atoms with Crippen molar-refractivity contribution in [3.05, 3.63) is 94.6 Å². The van der Waals surface area contributed by atoms with Crippen LogP contribution in [0.1, 0.15) is 22.6 Å². The topological polar surface area (TPSA) is 75.7 Å². The van der Waals surface area contributed by atoms with E-state index in [-0.39, 0.29) is 19.3 Å². The number of aliphatic hydroxyl groups is 1. The van der Waals surface area contributed by atoms with E-state index < -0.39 is 6.10 Å². The number of aromatic amines is 1. The highest BCUT2D eigenvalue weighted by Gasteiger charge is 2.20. The summed E-state index contributed by atoms with van der Waals surface area (Å²) < 4.78 is 16.4. The fraction of sp³-hybridized carbons (Fsp3) is 0.259. The van der Waals surface area contributed by atoms with Gasteiger partial charge in [-0.25, -0.2) is 0 Å². The number of H-pyrrole nitrogens is 1. The van der Waals surface area contributed by atoms with E-state index in [0.29, 0.717) is 19.7 Å². The number of rotatable bonds is 10. The minimum atomic E-state index is -0.635. The molecule has 0 spiro atoms. The fourth-order valence-electron chi connectivity index (χ4n) is 4.32. The number of aliphatic hydroxyl groups excluding tert-OH is 1. The van der Waals surface area contributed by atoms with Gasteiger partial charge in [0.2, 0.25) is 6.79 Å². The van der Waals surface area contributed by atoms with E-state index in [4.69, 9.17) is 25.8 Å². The maximum absolute atomic E-state index is 10.5. The number of hydrogen-bond donors (Lipinski definition) is 3. The first-order valence-electron chi connectivity index (χ1n) is 11.3. The summed E-state index contributed by atoms with van der Waals surface area (Å²) in [5, 5.41) is 15.8. The number of nitrogens with one attached hydrogen (secondary N) is 2. The first-order chi connectivity index (χ1) is 16.7. The van der Waals surface area contributed by atoms with Crippen LogP contribution in [-0.2, 0) is 11.3 Å². The number of hydrogen-bond acceptors (Lipinski definition) is 5. The number of benzene rings is 3. The van der Waals surface area contributed by atoms with Crippen molar-refractivity contribution in [2.24, 2.45) is 0 Å². The standard InChI is InChI=1S/C27H27ClN2O4/c28-24-7-3-1-5-20(24)22(23-14-30-25-8-4-2-6-21(23)25)13-29-12-19(31)16-32-15-18-9-10-26-27(11-18)34-17-33-26/h1-11,14,19,22,29-31H,12-13,15-17H2/t19-,22+/m0/s1. The van der Waals surface area contributed by atoms with Crippen LogP contribution in [0.2, 0.25) is 5.02 Å². The molecular weight excluding hydrogens is 452 g/mol. The molecule has 1 aliphatic heterocycles. The molecule has 7 heteroatoms. The van der Waals surface area contributed by atoms with E-state index in [2.05, 4.69) is 28.5 Å². The van der Waals surface area contributed by atoms with E-state index in [1.807, 2.05) is 54.7 Å². The van der Waals surface area contributed by atoms with E-state index in [1.54, 1.807) is 0 Å². The summed E-state index contributed by atoms with van der Waals surface area (Å²) in [6.45, 7) is 1.91. The molecule has 0 bridgehead atoms. The average Bonchev–Trinajstić information content (AvgIpc) is 3.49. The van der Waals surface area contributed by atoms with Gasteiger partial charge in [0, 0.05) is 41.1 Å². The van der Waals surface area contributed by atoms with Crippen molar-refractivity contribution in [3.63, 3.8) is 0 Å². The van der Waals surface area contributed by atoms with Crippen molar-refractivity contribution in [2.45, 2.75) is 18.6 Å². The smallest absolute Gasteiger partial charge is 0.231 e. The highest BCUT2D eigenvalue weighted by molar-refractivity contribution is 6.31.